The summed E-state index contributed by atoms with van der Waals surface area (Å²) in [5.74, 6) is -2.15. The summed E-state index contributed by atoms with van der Waals surface area (Å²) in [7, 11) is 0. The summed E-state index contributed by atoms with van der Waals surface area (Å²) in [6.07, 6.45) is 0.477. The number of ether oxygens (including phenoxy) is 3. The van der Waals surface area contributed by atoms with Crippen LogP contribution in [0.5, 0.6) is 5.75 Å². The number of nitrogens with one attached hydrogen (secondary N) is 3. The Bertz CT molecular complexity index is 1410. The van der Waals surface area contributed by atoms with E-state index in [4.69, 9.17) is 19.9 Å². The Morgan fingerprint density at radius 1 is 1.00 bits per heavy atom. The lowest BCUT2D eigenvalue weighted by Gasteiger charge is -2.23. The average molecular weight is 553 g/mol. The number of primary amides is 1. The van der Waals surface area contributed by atoms with Crippen molar-refractivity contribution < 1.29 is 38.2 Å². The topological polar surface area (TPSA) is 179 Å². The molecule has 12 nitrogen and oxygen atoms in total. The van der Waals surface area contributed by atoms with Crippen molar-refractivity contribution in [2.75, 3.05) is 11.9 Å². The number of carbonyl (C=O) groups is 5. The number of amides is 3. The molecule has 0 bridgehead atoms. The van der Waals surface area contributed by atoms with Gasteiger partial charge in [-0.05, 0) is 76.6 Å². The minimum atomic E-state index is -1.11. The Morgan fingerprint density at radius 2 is 1.70 bits per heavy atom. The van der Waals surface area contributed by atoms with Crippen molar-refractivity contribution in [2.45, 2.75) is 52.2 Å². The number of esters is 2. The molecule has 0 saturated carbocycles. The van der Waals surface area contributed by atoms with Crippen molar-refractivity contribution >= 4 is 46.4 Å². The van der Waals surface area contributed by atoms with E-state index in [0.29, 0.717) is 22.2 Å². The van der Waals surface area contributed by atoms with Crippen LogP contribution in [0.4, 0.5) is 10.5 Å². The van der Waals surface area contributed by atoms with Gasteiger partial charge in [0.1, 0.15) is 17.4 Å². The average Bonchev–Trinajstić information content (AvgIpc) is 3.29. The van der Waals surface area contributed by atoms with E-state index in [2.05, 4.69) is 15.6 Å². The van der Waals surface area contributed by atoms with Crippen LogP contribution in [0, 0.1) is 0 Å². The first-order valence-corrected chi connectivity index (χ1v) is 12.6. The van der Waals surface area contributed by atoms with E-state index in [1.54, 1.807) is 45.9 Å². The molecular formula is C28H32N4O8. The van der Waals surface area contributed by atoms with E-state index in [0.717, 1.165) is 0 Å². The van der Waals surface area contributed by atoms with Crippen molar-refractivity contribution in [1.29, 1.82) is 0 Å². The lowest BCUT2D eigenvalue weighted by atomic mass is 10.1. The normalized spacial score (nSPS) is 11.8. The van der Waals surface area contributed by atoms with Crippen LogP contribution in [-0.2, 0) is 19.1 Å². The first-order chi connectivity index (χ1) is 18.9. The molecule has 0 aliphatic heterocycles. The summed E-state index contributed by atoms with van der Waals surface area (Å²) in [6.45, 7) is 6.98. The fraction of sp³-hybridized carbons (Fsp3) is 0.321. The number of hydrogen-bond donors (Lipinski definition) is 4. The van der Waals surface area contributed by atoms with Gasteiger partial charge in [0, 0.05) is 29.2 Å². The van der Waals surface area contributed by atoms with Crippen molar-refractivity contribution in [2.24, 2.45) is 5.73 Å². The lowest BCUT2D eigenvalue weighted by Crippen LogP contribution is -2.46. The van der Waals surface area contributed by atoms with Gasteiger partial charge in [0.15, 0.2) is 0 Å². The number of benzene rings is 2. The number of hydrogen-bond acceptors (Lipinski definition) is 8. The molecule has 3 amide bonds. The molecule has 0 fully saturated rings. The number of anilines is 1. The number of rotatable bonds is 10. The molecule has 1 aromatic heterocycles. The van der Waals surface area contributed by atoms with Crippen LogP contribution >= 0.6 is 0 Å². The number of alkyl carbamates (subject to hydrolysis) is 1. The molecule has 1 atom stereocenters. The van der Waals surface area contributed by atoms with E-state index in [9.17, 15) is 24.0 Å². The molecule has 0 aliphatic carbocycles. The van der Waals surface area contributed by atoms with Gasteiger partial charge in [-0.2, -0.15) is 0 Å². The van der Waals surface area contributed by atoms with Crippen LogP contribution in [0.3, 0.4) is 0 Å². The van der Waals surface area contributed by atoms with Crippen LogP contribution in [-0.4, -0.2) is 53.1 Å². The van der Waals surface area contributed by atoms with Crippen molar-refractivity contribution in [3.8, 4) is 5.75 Å². The molecule has 40 heavy (non-hydrogen) atoms. The standard InChI is InChI=1S/C28H32N4O8/c1-5-38-25(35)16-6-9-18(10-7-16)39-26(36)20-15-30-21-11-8-17(14-19(20)21)31-24(34)22(12-13-23(29)33)32-27(37)40-28(2,3)4/h6-11,14-15,22,30H,5,12-13H2,1-4H3,(H2,29,33)(H,31,34)(H,32,37)/t22-/m0/s1. The number of aromatic amines is 1. The number of carbonyl (C=O) groups excluding carboxylic acids is 5. The van der Waals surface area contributed by atoms with Crippen LogP contribution in [0.2, 0.25) is 0 Å². The van der Waals surface area contributed by atoms with E-state index in [-0.39, 0.29) is 30.8 Å². The maximum Gasteiger partial charge on any atom is 0.408 e. The molecule has 5 N–H and O–H groups in total. The minimum absolute atomic E-state index is 0.0423. The molecule has 0 saturated heterocycles. The summed E-state index contributed by atoms with van der Waals surface area (Å²) >= 11 is 0. The Morgan fingerprint density at radius 3 is 2.33 bits per heavy atom. The van der Waals surface area contributed by atoms with Gasteiger partial charge in [0.05, 0.1) is 17.7 Å². The minimum Gasteiger partial charge on any atom is -0.462 e. The highest BCUT2D eigenvalue weighted by molar-refractivity contribution is 6.07. The van der Waals surface area contributed by atoms with Crippen molar-refractivity contribution in [1.82, 2.24) is 10.3 Å². The Balaban J connectivity index is 1.75. The van der Waals surface area contributed by atoms with Crippen molar-refractivity contribution in [3.63, 3.8) is 0 Å². The van der Waals surface area contributed by atoms with Gasteiger partial charge in [-0.3, -0.25) is 9.59 Å². The van der Waals surface area contributed by atoms with Crippen LogP contribution in [0.1, 0.15) is 61.3 Å². The predicted molar refractivity (Wildman–Crippen MR) is 146 cm³/mol. The SMILES string of the molecule is CCOC(=O)c1ccc(OC(=O)c2c[nH]c3ccc(NC(=O)[C@H](CCC(N)=O)NC(=O)OC(C)(C)C)cc23)cc1. The molecule has 1 heterocycles. The lowest BCUT2D eigenvalue weighted by molar-refractivity contribution is -0.119. The van der Waals surface area contributed by atoms with Crippen LogP contribution in [0.15, 0.2) is 48.7 Å². The van der Waals surface area contributed by atoms with Gasteiger partial charge in [-0.15, -0.1) is 0 Å². The monoisotopic (exact) mass is 552 g/mol. The molecule has 0 radical (unpaired) electrons. The van der Waals surface area contributed by atoms with Gasteiger partial charge in [-0.1, -0.05) is 0 Å². The Kier molecular flexibility index (Phi) is 9.49. The second-order valence-electron chi connectivity index (χ2n) is 9.79. The second kappa shape index (κ2) is 12.8. The third kappa shape index (κ3) is 8.32. The second-order valence-corrected chi connectivity index (χ2v) is 9.79. The number of fused-ring (bicyclic) bond motifs is 1. The summed E-state index contributed by atoms with van der Waals surface area (Å²) in [4.78, 5) is 64.3. The zero-order valence-electron chi connectivity index (χ0n) is 22.7. The smallest absolute Gasteiger partial charge is 0.408 e. The Labute approximate surface area is 230 Å². The molecule has 2 aromatic carbocycles. The quantitative estimate of drug-likeness (QED) is 0.217. The van der Waals surface area contributed by atoms with E-state index < -0.39 is 41.5 Å². The third-order valence-corrected chi connectivity index (χ3v) is 5.43. The zero-order valence-corrected chi connectivity index (χ0v) is 22.7. The first-order valence-electron chi connectivity index (χ1n) is 12.6. The van der Waals surface area contributed by atoms with Gasteiger partial charge < -0.3 is 35.6 Å². The van der Waals surface area contributed by atoms with Gasteiger partial charge in [-0.25, -0.2) is 14.4 Å². The highest BCUT2D eigenvalue weighted by atomic mass is 16.6. The fourth-order valence-electron chi connectivity index (χ4n) is 3.64. The third-order valence-electron chi connectivity index (χ3n) is 5.43. The largest absolute Gasteiger partial charge is 0.462 e. The molecule has 0 spiro atoms. The molecule has 3 rings (SSSR count). The summed E-state index contributed by atoms with van der Waals surface area (Å²) in [5, 5.41) is 5.63. The molecule has 0 unspecified atom stereocenters. The number of nitrogens with two attached hydrogens (primary N) is 1. The molecule has 12 heteroatoms. The Hall–Kier alpha value is -4.87. The highest BCUT2D eigenvalue weighted by Crippen LogP contribution is 2.25. The highest BCUT2D eigenvalue weighted by Gasteiger charge is 2.25. The molecule has 3 aromatic rings. The predicted octanol–water partition coefficient (Wildman–Crippen LogP) is 3.66. The van der Waals surface area contributed by atoms with Crippen LogP contribution in [0.25, 0.3) is 10.9 Å². The molecule has 0 aliphatic rings. The van der Waals surface area contributed by atoms with E-state index in [1.807, 2.05) is 0 Å². The van der Waals surface area contributed by atoms with E-state index in [1.165, 1.54) is 30.5 Å². The molecular weight excluding hydrogens is 520 g/mol. The van der Waals surface area contributed by atoms with Crippen LogP contribution < -0.4 is 21.1 Å². The first kappa shape index (κ1) is 29.7. The number of aromatic nitrogens is 1. The summed E-state index contributed by atoms with van der Waals surface area (Å²) in [5.41, 5.74) is 5.91. The maximum atomic E-state index is 13.0. The zero-order chi connectivity index (χ0) is 29.4. The molecule has 212 valence electrons. The summed E-state index contributed by atoms with van der Waals surface area (Å²) in [6, 6.07) is 9.68. The number of H-pyrrole nitrogens is 1. The maximum absolute atomic E-state index is 13.0. The van der Waals surface area contributed by atoms with E-state index >= 15 is 0 Å². The van der Waals surface area contributed by atoms with Gasteiger partial charge in [0.25, 0.3) is 0 Å². The fourth-order valence-corrected chi connectivity index (χ4v) is 3.64. The van der Waals surface area contributed by atoms with Crippen molar-refractivity contribution in [3.05, 3.63) is 59.8 Å². The van der Waals surface area contributed by atoms with Gasteiger partial charge >= 0.3 is 18.0 Å². The summed E-state index contributed by atoms with van der Waals surface area (Å²) < 4.78 is 15.6. The van der Waals surface area contributed by atoms with Gasteiger partial charge in [0.2, 0.25) is 11.8 Å².